The third-order valence-corrected chi connectivity index (χ3v) is 9.47. The van der Waals surface area contributed by atoms with Crippen LogP contribution in [0.5, 0.6) is 5.75 Å². The second-order valence-corrected chi connectivity index (χ2v) is 14.6. The quantitative estimate of drug-likeness (QED) is 0.308. The molecule has 1 aromatic carbocycles. The van der Waals surface area contributed by atoms with Crippen LogP contribution in [0.25, 0.3) is 0 Å². The van der Waals surface area contributed by atoms with E-state index >= 15 is 0 Å². The van der Waals surface area contributed by atoms with Crippen LogP contribution in [0, 0.1) is 5.92 Å². The van der Waals surface area contributed by atoms with Crippen LogP contribution in [0.2, 0.25) is 0 Å². The molecule has 14 heteroatoms. The number of benzene rings is 1. The van der Waals surface area contributed by atoms with Crippen LogP contribution >= 0.6 is 0 Å². The van der Waals surface area contributed by atoms with Crippen LogP contribution in [0.4, 0.5) is 4.79 Å². The summed E-state index contributed by atoms with van der Waals surface area (Å²) in [4.78, 5) is 55.0. The molecule has 1 saturated heterocycles. The van der Waals surface area contributed by atoms with Crippen molar-refractivity contribution >= 4 is 34.0 Å². The van der Waals surface area contributed by atoms with Gasteiger partial charge in [0, 0.05) is 19.0 Å². The first-order chi connectivity index (χ1) is 21.7. The molecule has 0 spiro atoms. The van der Waals surface area contributed by atoms with Gasteiger partial charge < -0.3 is 25.0 Å². The molecule has 3 aliphatic rings. The molecule has 2 fully saturated rings. The number of hydrogen-bond donors (Lipinski definition) is 4. The maximum absolute atomic E-state index is 13.7. The summed E-state index contributed by atoms with van der Waals surface area (Å²) in [6.07, 6.45) is 7.99. The Morgan fingerprint density at radius 2 is 1.85 bits per heavy atom. The van der Waals surface area contributed by atoms with Gasteiger partial charge in [-0.05, 0) is 77.3 Å². The molecular weight excluding hydrogens is 614 g/mol. The van der Waals surface area contributed by atoms with E-state index in [0.717, 1.165) is 18.4 Å². The Balaban J connectivity index is 1.47. The average molecular weight is 662 g/mol. The van der Waals surface area contributed by atoms with E-state index in [2.05, 4.69) is 20.1 Å². The predicted molar refractivity (Wildman–Crippen MR) is 171 cm³/mol. The highest BCUT2D eigenvalue weighted by molar-refractivity contribution is 7.88. The average Bonchev–Trinajstić information content (AvgIpc) is 3.44. The number of nitrogens with zero attached hydrogens (tertiary/aromatic N) is 1. The first-order valence-corrected chi connectivity index (χ1v) is 17.5. The molecule has 1 aromatic rings. The molecule has 2 heterocycles. The van der Waals surface area contributed by atoms with Crippen molar-refractivity contribution in [2.45, 2.75) is 102 Å². The number of allylic oxidation sites excluding steroid dienone is 1. The standard InChI is InChI=1S/C32H47N5O8S/c1-31(2,3)45-30(41)34-24-15-9-7-5-6-8-14-23-21-32(23,35-27(38)25-16-12-20-37(25)28(24)39)29(40)36-46(42,43)33-19-18-22-13-10-11-17-26(22)44-4/h8,10-11,13-14,17,23-25,33H,5-7,9,12,15-16,18-21H2,1-4H3,(H,34,41)(H,35,38)(H,36,40)/b14-8-/t23-,24+,25+,32-/m1/s1. The molecule has 1 aliphatic carbocycles. The van der Waals surface area contributed by atoms with Gasteiger partial charge in [0.2, 0.25) is 11.8 Å². The number of carbonyl (C=O) groups is 4. The summed E-state index contributed by atoms with van der Waals surface area (Å²) in [6, 6.07) is 5.50. The SMILES string of the molecule is COc1ccccc1CCNS(=O)(=O)NC(=O)[C@@]12C[C@H]1/C=C\CCCCC[C@H](NC(=O)OC(C)(C)C)C(=O)N1CCC[C@H]1C(=O)N2. The van der Waals surface area contributed by atoms with Gasteiger partial charge in [-0.3, -0.25) is 14.4 Å². The van der Waals surface area contributed by atoms with Gasteiger partial charge in [0.1, 0.15) is 29.0 Å². The Morgan fingerprint density at radius 3 is 2.59 bits per heavy atom. The minimum Gasteiger partial charge on any atom is -0.496 e. The Bertz CT molecular complexity index is 1430. The highest BCUT2D eigenvalue weighted by atomic mass is 32.2. The summed E-state index contributed by atoms with van der Waals surface area (Å²) >= 11 is 0. The Morgan fingerprint density at radius 1 is 1.09 bits per heavy atom. The molecular formula is C32H47N5O8S. The van der Waals surface area contributed by atoms with E-state index in [1.165, 1.54) is 12.0 Å². The summed E-state index contributed by atoms with van der Waals surface area (Å²) in [5.41, 5.74) is -1.42. The lowest BCUT2D eigenvalue weighted by molar-refractivity contribution is -0.141. The van der Waals surface area contributed by atoms with E-state index in [4.69, 9.17) is 9.47 Å². The number of alkyl carbamates (subject to hydrolysis) is 1. The maximum atomic E-state index is 13.7. The van der Waals surface area contributed by atoms with Gasteiger partial charge in [0.05, 0.1) is 7.11 Å². The topological polar surface area (TPSA) is 172 Å². The van der Waals surface area contributed by atoms with E-state index in [0.29, 0.717) is 50.8 Å². The van der Waals surface area contributed by atoms with Crippen molar-refractivity contribution in [2.75, 3.05) is 20.2 Å². The van der Waals surface area contributed by atoms with Gasteiger partial charge in [-0.1, -0.05) is 43.2 Å². The second-order valence-electron chi connectivity index (χ2n) is 13.1. The minimum absolute atomic E-state index is 0.0172. The number of carbonyl (C=O) groups excluding carboxylic acids is 4. The van der Waals surface area contributed by atoms with Crippen LogP contribution < -0.4 is 24.8 Å². The van der Waals surface area contributed by atoms with Gasteiger partial charge in [-0.15, -0.1) is 0 Å². The first kappa shape index (κ1) is 35.2. The van der Waals surface area contributed by atoms with Crippen LogP contribution in [0.3, 0.4) is 0 Å². The third-order valence-electron chi connectivity index (χ3n) is 8.43. The summed E-state index contributed by atoms with van der Waals surface area (Å²) in [5, 5.41) is 5.52. The lowest BCUT2D eigenvalue weighted by Gasteiger charge is -2.30. The largest absolute Gasteiger partial charge is 0.496 e. The monoisotopic (exact) mass is 661 g/mol. The Labute approximate surface area is 271 Å². The van der Waals surface area contributed by atoms with E-state index in [1.54, 1.807) is 26.8 Å². The van der Waals surface area contributed by atoms with Gasteiger partial charge in [-0.25, -0.2) is 9.52 Å². The normalized spacial score (nSPS) is 26.3. The minimum atomic E-state index is -4.26. The zero-order chi connectivity index (χ0) is 33.5. The van der Waals surface area contributed by atoms with Gasteiger partial charge in [0.15, 0.2) is 0 Å². The number of para-hydroxylation sites is 1. The Kier molecular flexibility index (Phi) is 11.4. The van der Waals surface area contributed by atoms with Gasteiger partial charge in [0.25, 0.3) is 5.91 Å². The van der Waals surface area contributed by atoms with Crippen molar-refractivity contribution in [3.05, 3.63) is 42.0 Å². The number of amides is 4. The number of hydrogen-bond acceptors (Lipinski definition) is 8. The summed E-state index contributed by atoms with van der Waals surface area (Å²) in [5.74, 6) is -1.54. The van der Waals surface area contributed by atoms with Gasteiger partial charge >= 0.3 is 16.3 Å². The zero-order valence-corrected chi connectivity index (χ0v) is 27.9. The molecule has 13 nitrogen and oxygen atoms in total. The maximum Gasteiger partial charge on any atom is 0.408 e. The van der Waals surface area contributed by atoms with E-state index < -0.39 is 57.3 Å². The van der Waals surface area contributed by atoms with Crippen LogP contribution in [-0.2, 0) is 35.8 Å². The van der Waals surface area contributed by atoms with E-state index in [1.807, 2.05) is 30.4 Å². The molecule has 4 atom stereocenters. The van der Waals surface area contributed by atoms with Crippen molar-refractivity contribution in [1.82, 2.24) is 25.0 Å². The molecule has 1 saturated carbocycles. The highest BCUT2D eigenvalue weighted by Gasteiger charge is 2.61. The molecule has 0 aromatic heterocycles. The fourth-order valence-corrected chi connectivity index (χ4v) is 6.89. The van der Waals surface area contributed by atoms with Crippen molar-refractivity contribution in [2.24, 2.45) is 5.92 Å². The lowest BCUT2D eigenvalue weighted by Crippen LogP contribution is -2.59. The predicted octanol–water partition coefficient (Wildman–Crippen LogP) is 2.47. The van der Waals surface area contributed by atoms with Crippen LogP contribution in [0.15, 0.2) is 36.4 Å². The van der Waals surface area contributed by atoms with Crippen molar-refractivity contribution in [1.29, 1.82) is 0 Å². The van der Waals surface area contributed by atoms with Crippen LogP contribution in [0.1, 0.15) is 77.7 Å². The van der Waals surface area contributed by atoms with Crippen molar-refractivity contribution in [3.63, 3.8) is 0 Å². The van der Waals surface area contributed by atoms with E-state index in [9.17, 15) is 27.6 Å². The molecule has 0 bridgehead atoms. The summed E-state index contributed by atoms with van der Waals surface area (Å²) in [6.45, 7) is 5.54. The second kappa shape index (κ2) is 14.8. The lowest BCUT2D eigenvalue weighted by atomic mass is 10.0. The molecule has 0 unspecified atom stereocenters. The number of rotatable bonds is 8. The molecule has 4 amide bonds. The summed E-state index contributed by atoms with van der Waals surface area (Å²) < 4.78 is 41.0. The van der Waals surface area contributed by atoms with Gasteiger partial charge in [-0.2, -0.15) is 13.1 Å². The number of methoxy groups -OCH3 is 1. The van der Waals surface area contributed by atoms with E-state index in [-0.39, 0.29) is 18.9 Å². The Hall–Kier alpha value is -3.65. The molecule has 0 radical (unpaired) electrons. The smallest absolute Gasteiger partial charge is 0.408 e. The van der Waals surface area contributed by atoms with Crippen molar-refractivity contribution < 1.29 is 37.1 Å². The fraction of sp³-hybridized carbons (Fsp3) is 0.625. The number of ether oxygens (including phenoxy) is 2. The summed E-state index contributed by atoms with van der Waals surface area (Å²) in [7, 11) is -2.72. The molecule has 2 aliphatic heterocycles. The molecule has 4 rings (SSSR count). The highest BCUT2D eigenvalue weighted by Crippen LogP contribution is 2.45. The third kappa shape index (κ3) is 9.21. The first-order valence-electron chi connectivity index (χ1n) is 16.0. The van der Waals surface area contributed by atoms with Crippen molar-refractivity contribution in [3.8, 4) is 5.75 Å². The fourth-order valence-electron chi connectivity index (χ4n) is 6.02. The molecule has 46 heavy (non-hydrogen) atoms. The molecule has 4 N–H and O–H groups in total. The number of nitrogens with one attached hydrogen (secondary N) is 4. The van der Waals surface area contributed by atoms with Crippen LogP contribution in [-0.4, -0.2) is 80.6 Å². The number of fused-ring (bicyclic) bond motifs is 2. The zero-order valence-electron chi connectivity index (χ0n) is 27.1. The molecule has 254 valence electrons.